The Kier molecular flexibility index (Phi) is 9.24. The lowest BCUT2D eigenvalue weighted by molar-refractivity contribution is -0.120. The van der Waals surface area contributed by atoms with Crippen LogP contribution in [0.4, 0.5) is 11.4 Å². The minimum absolute atomic E-state index is 0.0377. The van der Waals surface area contributed by atoms with Crippen LogP contribution in [0.3, 0.4) is 0 Å². The lowest BCUT2D eigenvalue weighted by Gasteiger charge is -2.29. The molecule has 1 N–H and O–H groups in total. The van der Waals surface area contributed by atoms with Crippen molar-refractivity contribution in [2.24, 2.45) is 0 Å². The highest BCUT2D eigenvalue weighted by Gasteiger charge is 2.29. The fourth-order valence-electron chi connectivity index (χ4n) is 4.65. The maximum Gasteiger partial charge on any atom is 0.264 e. The first-order valence-electron chi connectivity index (χ1n) is 12.9. The van der Waals surface area contributed by atoms with Gasteiger partial charge in [-0.15, -0.1) is 0 Å². The van der Waals surface area contributed by atoms with E-state index in [2.05, 4.69) is 22.3 Å². The van der Waals surface area contributed by atoms with Gasteiger partial charge in [-0.05, 0) is 80.3 Å². The summed E-state index contributed by atoms with van der Waals surface area (Å²) in [4.78, 5) is 15.5. The van der Waals surface area contributed by atoms with Gasteiger partial charge in [-0.1, -0.05) is 23.7 Å². The number of amides is 1. The van der Waals surface area contributed by atoms with Gasteiger partial charge in [0.25, 0.3) is 10.0 Å². The highest BCUT2D eigenvalue weighted by atomic mass is 35.5. The van der Waals surface area contributed by atoms with Crippen molar-refractivity contribution in [1.82, 2.24) is 5.32 Å². The largest absolute Gasteiger partial charge is 0.493 e. The lowest BCUT2D eigenvalue weighted by atomic mass is 10.1. The van der Waals surface area contributed by atoms with E-state index in [1.165, 1.54) is 57.4 Å². The number of piperidine rings is 1. The fraction of sp³-hybridized carbons (Fsp3) is 0.345. The lowest BCUT2D eigenvalue weighted by Crippen LogP contribution is -2.41. The topological polar surface area (TPSA) is 88.2 Å². The SMILES string of the molecule is COc1ccc(S(=O)(=O)N(CC(=O)NC(C)c2ccc(N3CCCCC3)cc2)c2ccc(Cl)cc2)cc1OC. The van der Waals surface area contributed by atoms with E-state index in [1.54, 1.807) is 24.3 Å². The van der Waals surface area contributed by atoms with Gasteiger partial charge in [-0.3, -0.25) is 9.10 Å². The Balaban J connectivity index is 1.54. The van der Waals surface area contributed by atoms with Gasteiger partial charge in [0.15, 0.2) is 11.5 Å². The molecule has 0 spiro atoms. The summed E-state index contributed by atoms with van der Waals surface area (Å²) >= 11 is 6.04. The molecule has 3 aromatic carbocycles. The Hall–Kier alpha value is -3.43. The predicted molar refractivity (Wildman–Crippen MR) is 155 cm³/mol. The second kappa shape index (κ2) is 12.6. The molecule has 1 unspecified atom stereocenters. The van der Waals surface area contributed by atoms with Crippen LogP contribution in [0.5, 0.6) is 11.5 Å². The molecule has 1 amide bonds. The Bertz CT molecular complexity index is 1380. The number of ether oxygens (including phenoxy) is 2. The summed E-state index contributed by atoms with van der Waals surface area (Å²) in [6.07, 6.45) is 3.67. The fourth-order valence-corrected chi connectivity index (χ4v) is 6.22. The van der Waals surface area contributed by atoms with E-state index in [0.29, 0.717) is 16.5 Å². The summed E-state index contributed by atoms with van der Waals surface area (Å²) in [6.45, 7) is 3.57. The molecule has 4 rings (SSSR count). The summed E-state index contributed by atoms with van der Waals surface area (Å²) in [5.74, 6) is 0.217. The molecule has 10 heteroatoms. The van der Waals surface area contributed by atoms with Crippen molar-refractivity contribution < 1.29 is 22.7 Å². The van der Waals surface area contributed by atoms with Crippen LogP contribution in [0.25, 0.3) is 0 Å². The molecule has 0 bridgehead atoms. The van der Waals surface area contributed by atoms with Crippen molar-refractivity contribution in [2.75, 3.05) is 43.1 Å². The standard InChI is InChI=1S/C29H34ClN3O5S/c1-21(22-7-11-24(12-8-22)32-17-5-4-6-18-32)31-29(34)20-33(25-13-9-23(30)10-14-25)39(35,36)26-15-16-27(37-2)28(19-26)38-3/h7-16,19,21H,4-6,17-18,20H2,1-3H3,(H,31,34). The average Bonchev–Trinajstić information content (AvgIpc) is 2.96. The molecule has 1 aliphatic rings. The Labute approximate surface area is 235 Å². The van der Waals surface area contributed by atoms with Crippen molar-refractivity contribution >= 4 is 38.9 Å². The van der Waals surface area contributed by atoms with E-state index in [-0.39, 0.29) is 16.7 Å². The first-order chi connectivity index (χ1) is 18.7. The normalized spacial score (nSPS) is 14.4. The monoisotopic (exact) mass is 571 g/mol. The minimum atomic E-state index is -4.15. The Morgan fingerprint density at radius 2 is 1.59 bits per heavy atom. The smallest absolute Gasteiger partial charge is 0.264 e. The quantitative estimate of drug-likeness (QED) is 0.349. The van der Waals surface area contributed by atoms with E-state index in [9.17, 15) is 13.2 Å². The summed E-state index contributed by atoms with van der Waals surface area (Å²) in [7, 11) is -1.25. The van der Waals surface area contributed by atoms with Crippen LogP contribution in [-0.4, -0.2) is 48.2 Å². The number of carbonyl (C=O) groups excluding carboxylic acids is 1. The summed E-state index contributed by atoms with van der Waals surface area (Å²) in [5.41, 5.74) is 2.42. The Morgan fingerprint density at radius 1 is 0.949 bits per heavy atom. The molecule has 1 atom stereocenters. The molecule has 1 heterocycles. The van der Waals surface area contributed by atoms with Crippen molar-refractivity contribution in [3.8, 4) is 11.5 Å². The van der Waals surface area contributed by atoms with Gasteiger partial charge in [0, 0.05) is 29.9 Å². The molecule has 1 aliphatic heterocycles. The molecule has 0 saturated carbocycles. The second-order valence-electron chi connectivity index (χ2n) is 9.43. The van der Waals surface area contributed by atoms with Crippen molar-refractivity contribution in [3.63, 3.8) is 0 Å². The van der Waals surface area contributed by atoms with E-state index in [1.807, 2.05) is 19.1 Å². The third kappa shape index (κ3) is 6.78. The van der Waals surface area contributed by atoms with Crippen molar-refractivity contribution in [2.45, 2.75) is 37.1 Å². The summed E-state index contributed by atoms with van der Waals surface area (Å²) in [5, 5.41) is 3.39. The zero-order valence-electron chi connectivity index (χ0n) is 22.4. The minimum Gasteiger partial charge on any atom is -0.493 e. The number of nitrogens with zero attached hydrogens (tertiary/aromatic N) is 2. The van der Waals surface area contributed by atoms with Crippen LogP contribution in [-0.2, 0) is 14.8 Å². The Morgan fingerprint density at radius 3 is 2.21 bits per heavy atom. The maximum atomic E-state index is 13.8. The van der Waals surface area contributed by atoms with Crippen LogP contribution in [0.2, 0.25) is 5.02 Å². The first-order valence-corrected chi connectivity index (χ1v) is 14.7. The average molecular weight is 572 g/mol. The number of nitrogens with one attached hydrogen (secondary N) is 1. The molecule has 1 fully saturated rings. The van der Waals surface area contributed by atoms with Gasteiger partial charge in [-0.25, -0.2) is 8.42 Å². The van der Waals surface area contributed by atoms with Crippen LogP contribution in [0, 0.1) is 0 Å². The number of anilines is 2. The third-order valence-corrected chi connectivity index (χ3v) is 8.86. The predicted octanol–water partition coefficient (Wildman–Crippen LogP) is 5.42. The number of sulfonamides is 1. The molecule has 0 radical (unpaired) electrons. The van der Waals surface area contributed by atoms with Crippen LogP contribution < -0.4 is 24.0 Å². The molecule has 1 saturated heterocycles. The molecule has 0 aliphatic carbocycles. The molecular weight excluding hydrogens is 538 g/mol. The maximum absolute atomic E-state index is 13.8. The number of halogens is 1. The first kappa shape index (κ1) is 28.6. The van der Waals surface area contributed by atoms with Gasteiger partial charge < -0.3 is 19.7 Å². The molecular formula is C29H34ClN3O5S. The summed E-state index contributed by atoms with van der Waals surface area (Å²) < 4.78 is 39.1. The number of carbonyl (C=O) groups is 1. The van der Waals surface area contributed by atoms with Gasteiger partial charge in [0.05, 0.1) is 30.8 Å². The number of benzene rings is 3. The summed E-state index contributed by atoms with van der Waals surface area (Å²) in [6, 6.07) is 18.5. The molecule has 3 aromatic rings. The van der Waals surface area contributed by atoms with Crippen LogP contribution >= 0.6 is 11.6 Å². The molecule has 39 heavy (non-hydrogen) atoms. The molecule has 208 valence electrons. The molecule has 8 nitrogen and oxygen atoms in total. The van der Waals surface area contributed by atoms with Crippen molar-refractivity contribution in [1.29, 1.82) is 0 Å². The van der Waals surface area contributed by atoms with Gasteiger partial charge in [0.2, 0.25) is 5.91 Å². The number of rotatable bonds is 10. The van der Waals surface area contributed by atoms with E-state index >= 15 is 0 Å². The van der Waals surface area contributed by atoms with Crippen LogP contribution in [0.1, 0.15) is 37.8 Å². The number of hydrogen-bond acceptors (Lipinski definition) is 6. The zero-order valence-corrected chi connectivity index (χ0v) is 24.0. The van der Waals surface area contributed by atoms with E-state index < -0.39 is 22.5 Å². The highest BCUT2D eigenvalue weighted by molar-refractivity contribution is 7.92. The van der Waals surface area contributed by atoms with Gasteiger partial charge >= 0.3 is 0 Å². The molecule has 0 aromatic heterocycles. The van der Waals surface area contributed by atoms with Gasteiger partial charge in [-0.2, -0.15) is 0 Å². The van der Waals surface area contributed by atoms with Crippen molar-refractivity contribution in [3.05, 3.63) is 77.3 Å². The highest BCUT2D eigenvalue weighted by Crippen LogP contribution is 2.32. The number of methoxy groups -OCH3 is 2. The van der Waals surface area contributed by atoms with Crippen LogP contribution in [0.15, 0.2) is 71.6 Å². The zero-order chi connectivity index (χ0) is 28.0. The van der Waals surface area contributed by atoms with E-state index in [0.717, 1.165) is 23.0 Å². The third-order valence-electron chi connectivity index (χ3n) is 6.84. The second-order valence-corrected chi connectivity index (χ2v) is 11.7. The number of hydrogen-bond donors (Lipinski definition) is 1. The van der Waals surface area contributed by atoms with E-state index in [4.69, 9.17) is 21.1 Å². The van der Waals surface area contributed by atoms with Gasteiger partial charge in [0.1, 0.15) is 6.54 Å².